The van der Waals surface area contributed by atoms with Crippen LogP contribution in [0.4, 0.5) is 9.18 Å². The number of halogens is 2. The predicted molar refractivity (Wildman–Crippen MR) is 157 cm³/mol. The highest BCUT2D eigenvalue weighted by molar-refractivity contribution is 6.31. The van der Waals surface area contributed by atoms with Crippen LogP contribution in [0.15, 0.2) is 42.5 Å². The summed E-state index contributed by atoms with van der Waals surface area (Å²) >= 11 is 6.32. The van der Waals surface area contributed by atoms with Gasteiger partial charge >= 0.3 is 12.1 Å². The van der Waals surface area contributed by atoms with Gasteiger partial charge < -0.3 is 14.2 Å². The average molecular weight is 589 g/mol. The second-order valence-corrected chi connectivity index (χ2v) is 12.9. The van der Waals surface area contributed by atoms with E-state index in [1.807, 2.05) is 6.07 Å². The number of amides is 1. The van der Waals surface area contributed by atoms with Gasteiger partial charge in [0.15, 0.2) is 0 Å². The van der Waals surface area contributed by atoms with E-state index in [-0.39, 0.29) is 23.5 Å². The number of rotatable bonds is 7. The molecule has 224 valence electrons. The van der Waals surface area contributed by atoms with Crippen LogP contribution in [0.2, 0.25) is 5.02 Å². The molecule has 0 aromatic heterocycles. The molecule has 2 fully saturated rings. The molecule has 0 spiro atoms. The van der Waals surface area contributed by atoms with Gasteiger partial charge in [-0.25, -0.2) is 14.0 Å². The zero-order valence-electron chi connectivity index (χ0n) is 24.9. The monoisotopic (exact) mass is 588 g/mol. The van der Waals surface area contributed by atoms with E-state index in [9.17, 15) is 9.59 Å². The second-order valence-electron chi connectivity index (χ2n) is 12.5. The Morgan fingerprint density at radius 1 is 1.12 bits per heavy atom. The lowest BCUT2D eigenvalue weighted by Gasteiger charge is -2.45. The van der Waals surface area contributed by atoms with E-state index < -0.39 is 35.6 Å². The van der Waals surface area contributed by atoms with E-state index >= 15 is 4.39 Å². The lowest BCUT2D eigenvalue weighted by molar-refractivity contribution is -0.145. The van der Waals surface area contributed by atoms with E-state index in [4.69, 9.17) is 25.8 Å². The summed E-state index contributed by atoms with van der Waals surface area (Å²) in [5.41, 5.74) is 1.08. The van der Waals surface area contributed by atoms with Gasteiger partial charge in [-0.1, -0.05) is 41.9 Å². The van der Waals surface area contributed by atoms with E-state index in [0.717, 1.165) is 25.7 Å². The van der Waals surface area contributed by atoms with Crippen molar-refractivity contribution < 1.29 is 28.2 Å². The first kappa shape index (κ1) is 31.1. The Labute approximate surface area is 247 Å². The Kier molecular flexibility index (Phi) is 9.54. The van der Waals surface area contributed by atoms with E-state index in [1.165, 1.54) is 23.6 Å². The fraction of sp³-hybridized carbons (Fsp3) is 0.562. The van der Waals surface area contributed by atoms with Crippen molar-refractivity contribution >= 4 is 23.7 Å². The molecule has 0 N–H and O–H groups in total. The molecule has 1 heterocycles. The van der Waals surface area contributed by atoms with Gasteiger partial charge in [0.05, 0.1) is 18.7 Å². The van der Waals surface area contributed by atoms with Crippen molar-refractivity contribution in [2.45, 2.75) is 82.6 Å². The summed E-state index contributed by atoms with van der Waals surface area (Å²) in [6, 6.07) is 12.9. The van der Waals surface area contributed by atoms with Crippen molar-refractivity contribution in [1.82, 2.24) is 9.80 Å². The Bertz CT molecular complexity index is 1220. The number of ether oxygens (including phenoxy) is 3. The first-order valence-electron chi connectivity index (χ1n) is 14.3. The van der Waals surface area contributed by atoms with Crippen molar-refractivity contribution in [3.05, 3.63) is 64.4 Å². The zero-order chi connectivity index (χ0) is 29.9. The fourth-order valence-corrected chi connectivity index (χ4v) is 6.43. The molecular formula is C32H42ClFN2O5. The maximum atomic E-state index is 15.2. The Hall–Kier alpha value is -2.84. The largest absolute Gasteiger partial charge is 0.488 e. The summed E-state index contributed by atoms with van der Waals surface area (Å²) in [6.07, 6.45) is 3.55. The molecule has 1 saturated heterocycles. The minimum atomic E-state index is -0.834. The molecule has 2 aromatic rings. The van der Waals surface area contributed by atoms with E-state index in [2.05, 4.69) is 43.3 Å². The summed E-state index contributed by atoms with van der Waals surface area (Å²) in [5, 5.41) is -0.00764. The molecule has 0 unspecified atom stereocenters. The van der Waals surface area contributed by atoms with Crippen LogP contribution in [0.1, 0.15) is 64.0 Å². The highest BCUT2D eigenvalue weighted by Crippen LogP contribution is 2.44. The molecule has 2 atom stereocenters. The summed E-state index contributed by atoms with van der Waals surface area (Å²) in [4.78, 5) is 28.9. The molecule has 1 aliphatic carbocycles. The van der Waals surface area contributed by atoms with Gasteiger partial charge in [0, 0.05) is 18.0 Å². The van der Waals surface area contributed by atoms with Gasteiger partial charge in [-0.3, -0.25) is 9.80 Å². The number of benzene rings is 2. The normalized spacial score (nSPS) is 24.8. The first-order valence-corrected chi connectivity index (χ1v) is 14.7. The van der Waals surface area contributed by atoms with Gasteiger partial charge in [-0.05, 0) is 90.1 Å². The molecule has 41 heavy (non-hydrogen) atoms. The minimum absolute atomic E-state index is 0.00764. The zero-order valence-corrected chi connectivity index (χ0v) is 25.7. The second kappa shape index (κ2) is 12.6. The van der Waals surface area contributed by atoms with Crippen LogP contribution >= 0.6 is 11.6 Å². The third-order valence-corrected chi connectivity index (χ3v) is 8.63. The highest BCUT2D eigenvalue weighted by Gasteiger charge is 2.43. The first-order chi connectivity index (χ1) is 19.3. The number of carbonyl (C=O) groups is 2. The van der Waals surface area contributed by atoms with Gasteiger partial charge in [-0.2, -0.15) is 0 Å². The Balaban J connectivity index is 1.46. The molecular weight excluding hydrogens is 547 g/mol. The van der Waals surface area contributed by atoms with Crippen LogP contribution in [-0.4, -0.2) is 67.4 Å². The highest BCUT2D eigenvalue weighted by atomic mass is 35.5. The molecule has 1 aliphatic heterocycles. The van der Waals surface area contributed by atoms with Crippen molar-refractivity contribution in [2.75, 3.05) is 27.7 Å². The topological polar surface area (TPSA) is 68.3 Å². The Morgan fingerprint density at radius 2 is 1.78 bits per heavy atom. The predicted octanol–water partition coefficient (Wildman–Crippen LogP) is 6.60. The maximum absolute atomic E-state index is 15.2. The third kappa shape index (κ3) is 7.15. The van der Waals surface area contributed by atoms with Crippen molar-refractivity contribution in [2.24, 2.45) is 5.92 Å². The minimum Gasteiger partial charge on any atom is -0.488 e. The van der Waals surface area contributed by atoms with E-state index in [1.54, 1.807) is 26.8 Å². The number of carbonyl (C=O) groups excluding carboxylic acids is 2. The lowest BCUT2D eigenvalue weighted by Crippen LogP contribution is -2.44. The summed E-state index contributed by atoms with van der Waals surface area (Å²) in [6.45, 7) is 5.42. The molecule has 0 radical (unpaired) electrons. The standard InChI is InChI=1S/C32H42ClFN2O5/c1-31(2,3)41-30(38)36-20-25(19-27(36)29(37)39-6)40-24-17-22(28(34)26(33)18-24)16-21-12-14-32(15-13-21,35(4)5)23-10-8-7-9-11-23/h7-11,17-18,21,25,27H,12-16,19-20H2,1-6H3/t21-,25-,27-,32-/m0/s1. The number of hydrogen-bond acceptors (Lipinski definition) is 6. The number of methoxy groups -OCH3 is 1. The van der Waals surface area contributed by atoms with Crippen molar-refractivity contribution in [3.63, 3.8) is 0 Å². The number of esters is 1. The summed E-state index contributed by atoms with van der Waals surface area (Å²) in [5.74, 6) is -0.249. The SMILES string of the molecule is COC(=O)[C@@H]1C[C@H](Oc2cc(Cl)c(F)c(C[C@H]3CC[C@](c4ccccc4)(N(C)C)CC3)c2)CN1C(=O)OC(C)(C)C. The van der Waals surface area contributed by atoms with Crippen LogP contribution in [-0.2, 0) is 26.2 Å². The number of hydrogen-bond donors (Lipinski definition) is 0. The summed E-state index contributed by atoms with van der Waals surface area (Å²) < 4.78 is 31.8. The average Bonchev–Trinajstić information content (AvgIpc) is 3.35. The van der Waals surface area contributed by atoms with Gasteiger partial charge in [0.1, 0.15) is 29.3 Å². The van der Waals surface area contributed by atoms with Crippen LogP contribution in [0.3, 0.4) is 0 Å². The molecule has 1 amide bonds. The third-order valence-electron chi connectivity index (χ3n) is 8.35. The number of nitrogens with zero attached hydrogens (tertiary/aromatic N) is 2. The van der Waals surface area contributed by atoms with Crippen molar-refractivity contribution in [1.29, 1.82) is 0 Å². The van der Waals surface area contributed by atoms with Crippen LogP contribution in [0.25, 0.3) is 0 Å². The quantitative estimate of drug-likeness (QED) is 0.340. The molecule has 7 nitrogen and oxygen atoms in total. The maximum Gasteiger partial charge on any atom is 0.411 e. The molecule has 0 bridgehead atoms. The fourth-order valence-electron chi connectivity index (χ4n) is 6.20. The van der Waals surface area contributed by atoms with Crippen LogP contribution in [0, 0.1) is 11.7 Å². The number of likely N-dealkylation sites (tertiary alicyclic amines) is 1. The molecule has 2 aliphatic rings. The smallest absolute Gasteiger partial charge is 0.411 e. The molecule has 1 saturated carbocycles. The molecule has 2 aromatic carbocycles. The van der Waals surface area contributed by atoms with Gasteiger partial charge in [0.2, 0.25) is 0 Å². The molecule has 9 heteroatoms. The van der Waals surface area contributed by atoms with Gasteiger partial charge in [-0.15, -0.1) is 0 Å². The Morgan fingerprint density at radius 3 is 2.37 bits per heavy atom. The van der Waals surface area contributed by atoms with Crippen LogP contribution < -0.4 is 4.74 Å². The van der Waals surface area contributed by atoms with Gasteiger partial charge in [0.25, 0.3) is 0 Å². The van der Waals surface area contributed by atoms with E-state index in [0.29, 0.717) is 23.7 Å². The lowest BCUT2D eigenvalue weighted by atomic mass is 9.70. The molecule has 4 rings (SSSR count). The van der Waals surface area contributed by atoms with Crippen molar-refractivity contribution in [3.8, 4) is 5.75 Å². The van der Waals surface area contributed by atoms with Crippen LogP contribution in [0.5, 0.6) is 5.75 Å². The summed E-state index contributed by atoms with van der Waals surface area (Å²) in [7, 11) is 5.54.